The highest BCUT2D eigenvalue weighted by atomic mass is 79.9. The summed E-state index contributed by atoms with van der Waals surface area (Å²) in [6.45, 7) is 3.01. The summed E-state index contributed by atoms with van der Waals surface area (Å²) in [5, 5.41) is 5.12. The van der Waals surface area contributed by atoms with E-state index < -0.39 is 0 Å². The van der Waals surface area contributed by atoms with E-state index in [0.29, 0.717) is 19.6 Å². The standard InChI is InChI=1S/C15H16BrNO2/c1-2-19-8-7-15(18)17-14-6-4-11-9-13(16)5-3-12(11)10-14/h3-6,9-10H,2,7-8H2,1H3,(H,17,18). The van der Waals surface area contributed by atoms with Gasteiger partial charge in [0, 0.05) is 16.8 Å². The molecule has 0 spiro atoms. The first-order valence-corrected chi connectivity index (χ1v) is 7.05. The van der Waals surface area contributed by atoms with E-state index in [-0.39, 0.29) is 5.91 Å². The minimum atomic E-state index is -0.0232. The van der Waals surface area contributed by atoms with Crippen molar-refractivity contribution in [3.63, 3.8) is 0 Å². The van der Waals surface area contributed by atoms with Crippen LogP contribution in [-0.2, 0) is 9.53 Å². The summed E-state index contributed by atoms with van der Waals surface area (Å²) in [4.78, 5) is 11.7. The van der Waals surface area contributed by atoms with E-state index in [0.717, 1.165) is 20.9 Å². The second-order valence-corrected chi connectivity index (χ2v) is 5.12. The number of fused-ring (bicyclic) bond motifs is 1. The van der Waals surface area contributed by atoms with Gasteiger partial charge in [-0.15, -0.1) is 0 Å². The molecule has 4 heteroatoms. The van der Waals surface area contributed by atoms with E-state index in [2.05, 4.69) is 27.3 Å². The SMILES string of the molecule is CCOCCC(=O)Nc1ccc2cc(Br)ccc2c1. The fourth-order valence-electron chi connectivity index (χ4n) is 1.83. The lowest BCUT2D eigenvalue weighted by Gasteiger charge is -2.07. The molecule has 0 heterocycles. The Hall–Kier alpha value is -1.39. The Labute approximate surface area is 121 Å². The molecular weight excluding hydrogens is 306 g/mol. The van der Waals surface area contributed by atoms with Crippen LogP contribution in [0.1, 0.15) is 13.3 Å². The van der Waals surface area contributed by atoms with Crippen molar-refractivity contribution in [2.24, 2.45) is 0 Å². The zero-order valence-electron chi connectivity index (χ0n) is 10.8. The number of carbonyl (C=O) groups is 1. The molecule has 19 heavy (non-hydrogen) atoms. The molecule has 3 nitrogen and oxygen atoms in total. The Morgan fingerprint density at radius 1 is 1.21 bits per heavy atom. The smallest absolute Gasteiger partial charge is 0.226 e. The summed E-state index contributed by atoms with van der Waals surface area (Å²) in [7, 11) is 0. The lowest BCUT2D eigenvalue weighted by molar-refractivity contribution is -0.117. The van der Waals surface area contributed by atoms with Gasteiger partial charge in [-0.1, -0.05) is 28.1 Å². The summed E-state index contributed by atoms with van der Waals surface area (Å²) in [5.41, 5.74) is 0.816. The maximum Gasteiger partial charge on any atom is 0.226 e. The van der Waals surface area contributed by atoms with E-state index in [1.807, 2.05) is 37.3 Å². The number of ether oxygens (including phenoxy) is 1. The van der Waals surface area contributed by atoms with Gasteiger partial charge >= 0.3 is 0 Å². The number of hydrogen-bond acceptors (Lipinski definition) is 2. The van der Waals surface area contributed by atoms with Gasteiger partial charge in [-0.25, -0.2) is 0 Å². The number of anilines is 1. The summed E-state index contributed by atoms with van der Waals surface area (Å²) in [5.74, 6) is -0.0232. The highest BCUT2D eigenvalue weighted by molar-refractivity contribution is 9.10. The first-order valence-electron chi connectivity index (χ1n) is 6.26. The lowest BCUT2D eigenvalue weighted by atomic mass is 10.1. The minimum absolute atomic E-state index is 0.0232. The molecule has 0 unspecified atom stereocenters. The maximum absolute atomic E-state index is 11.7. The molecule has 1 amide bonds. The molecule has 0 atom stereocenters. The van der Waals surface area contributed by atoms with E-state index in [9.17, 15) is 4.79 Å². The van der Waals surface area contributed by atoms with Gasteiger partial charge in [-0.2, -0.15) is 0 Å². The molecule has 1 N–H and O–H groups in total. The highest BCUT2D eigenvalue weighted by Gasteiger charge is 2.03. The minimum Gasteiger partial charge on any atom is -0.381 e. The maximum atomic E-state index is 11.7. The van der Waals surface area contributed by atoms with Crippen LogP contribution in [0.3, 0.4) is 0 Å². The summed E-state index contributed by atoms with van der Waals surface area (Å²) in [6, 6.07) is 11.9. The molecule has 2 aromatic carbocycles. The fourth-order valence-corrected chi connectivity index (χ4v) is 2.21. The van der Waals surface area contributed by atoms with E-state index in [1.54, 1.807) is 0 Å². The fraction of sp³-hybridized carbons (Fsp3) is 0.267. The third kappa shape index (κ3) is 4.04. The van der Waals surface area contributed by atoms with Crippen LogP contribution in [0, 0.1) is 0 Å². The molecule has 0 aromatic heterocycles. The zero-order valence-corrected chi connectivity index (χ0v) is 12.4. The predicted molar refractivity (Wildman–Crippen MR) is 81.4 cm³/mol. The number of benzene rings is 2. The van der Waals surface area contributed by atoms with E-state index in [1.165, 1.54) is 0 Å². The van der Waals surface area contributed by atoms with Gasteiger partial charge in [0.1, 0.15) is 0 Å². The normalized spacial score (nSPS) is 10.6. The van der Waals surface area contributed by atoms with Crippen LogP contribution >= 0.6 is 15.9 Å². The van der Waals surface area contributed by atoms with Crippen molar-refractivity contribution in [2.45, 2.75) is 13.3 Å². The molecule has 0 fully saturated rings. The van der Waals surface area contributed by atoms with Crippen molar-refractivity contribution in [3.8, 4) is 0 Å². The number of rotatable bonds is 5. The number of hydrogen-bond donors (Lipinski definition) is 1. The molecule has 2 rings (SSSR count). The second-order valence-electron chi connectivity index (χ2n) is 4.20. The van der Waals surface area contributed by atoms with Crippen molar-refractivity contribution in [2.75, 3.05) is 18.5 Å². The van der Waals surface area contributed by atoms with Gasteiger partial charge in [-0.05, 0) is 42.0 Å². The van der Waals surface area contributed by atoms with Crippen LogP contribution < -0.4 is 5.32 Å². The van der Waals surface area contributed by atoms with Crippen molar-refractivity contribution in [1.29, 1.82) is 0 Å². The highest BCUT2D eigenvalue weighted by Crippen LogP contribution is 2.23. The van der Waals surface area contributed by atoms with Crippen molar-refractivity contribution < 1.29 is 9.53 Å². The first kappa shape index (κ1) is 14.0. The molecule has 0 bridgehead atoms. The Bertz CT molecular complexity index is 583. The second kappa shape index (κ2) is 6.68. The van der Waals surface area contributed by atoms with Crippen LogP contribution in [-0.4, -0.2) is 19.1 Å². The molecule has 2 aromatic rings. The van der Waals surface area contributed by atoms with Crippen LogP contribution in [0.2, 0.25) is 0 Å². The average molecular weight is 322 g/mol. The Morgan fingerprint density at radius 2 is 1.95 bits per heavy atom. The number of halogens is 1. The molecule has 100 valence electrons. The van der Waals surface area contributed by atoms with Crippen molar-refractivity contribution in [3.05, 3.63) is 40.9 Å². The largest absolute Gasteiger partial charge is 0.381 e. The summed E-state index contributed by atoms with van der Waals surface area (Å²) < 4.78 is 6.21. The summed E-state index contributed by atoms with van der Waals surface area (Å²) >= 11 is 3.44. The zero-order chi connectivity index (χ0) is 13.7. The number of nitrogens with one attached hydrogen (secondary N) is 1. The van der Waals surface area contributed by atoms with Crippen molar-refractivity contribution >= 4 is 38.3 Å². The van der Waals surface area contributed by atoms with Crippen LogP contribution in [0.4, 0.5) is 5.69 Å². The van der Waals surface area contributed by atoms with Gasteiger partial charge in [0.25, 0.3) is 0 Å². The third-order valence-corrected chi connectivity index (χ3v) is 3.26. The topological polar surface area (TPSA) is 38.3 Å². The summed E-state index contributed by atoms with van der Waals surface area (Å²) in [6.07, 6.45) is 0.381. The average Bonchev–Trinajstić information content (AvgIpc) is 2.39. The molecule has 0 aliphatic rings. The first-order chi connectivity index (χ1) is 9.19. The van der Waals surface area contributed by atoms with E-state index >= 15 is 0 Å². The van der Waals surface area contributed by atoms with Crippen molar-refractivity contribution in [1.82, 2.24) is 0 Å². The number of amides is 1. The molecule has 0 aliphatic carbocycles. The van der Waals surface area contributed by atoms with Gasteiger partial charge < -0.3 is 10.1 Å². The van der Waals surface area contributed by atoms with Gasteiger partial charge in [-0.3, -0.25) is 4.79 Å². The van der Waals surface area contributed by atoms with Crippen LogP contribution in [0.15, 0.2) is 40.9 Å². The molecule has 0 radical (unpaired) electrons. The molecular formula is C15H16BrNO2. The molecule has 0 saturated heterocycles. The predicted octanol–water partition coefficient (Wildman–Crippen LogP) is 3.97. The monoisotopic (exact) mass is 321 g/mol. The third-order valence-electron chi connectivity index (χ3n) is 2.76. The van der Waals surface area contributed by atoms with Crippen LogP contribution in [0.25, 0.3) is 10.8 Å². The van der Waals surface area contributed by atoms with Gasteiger partial charge in [0.2, 0.25) is 5.91 Å². The Morgan fingerprint density at radius 3 is 2.74 bits per heavy atom. The Balaban J connectivity index is 2.05. The van der Waals surface area contributed by atoms with E-state index in [4.69, 9.17) is 4.74 Å². The lowest BCUT2D eigenvalue weighted by Crippen LogP contribution is -2.14. The van der Waals surface area contributed by atoms with Gasteiger partial charge in [0.15, 0.2) is 0 Å². The van der Waals surface area contributed by atoms with Crippen LogP contribution in [0.5, 0.6) is 0 Å². The Kier molecular flexibility index (Phi) is 4.93. The quantitative estimate of drug-likeness (QED) is 0.846. The molecule has 0 aliphatic heterocycles. The number of carbonyl (C=O) groups excluding carboxylic acids is 1. The molecule has 0 saturated carbocycles. The van der Waals surface area contributed by atoms with Gasteiger partial charge in [0.05, 0.1) is 13.0 Å².